The van der Waals surface area contributed by atoms with E-state index in [-0.39, 0.29) is 23.2 Å². The number of likely N-dealkylation sites (N-methyl/N-ethyl adjacent to an activating group) is 1. The van der Waals surface area contributed by atoms with Gasteiger partial charge in [-0.3, -0.25) is 4.90 Å². The minimum absolute atomic E-state index is 0.111. The van der Waals surface area contributed by atoms with E-state index in [0.717, 1.165) is 55.1 Å². The number of phenolic OH excluding ortho intramolecular Hbond substituents is 1. The zero-order valence-electron chi connectivity index (χ0n) is 18.9. The number of aromatic nitrogens is 1. The summed E-state index contributed by atoms with van der Waals surface area (Å²) in [7, 11) is 2.09. The van der Waals surface area contributed by atoms with Crippen molar-refractivity contribution >= 4 is 44.6 Å². The third-order valence-electron chi connectivity index (χ3n) is 6.72. The van der Waals surface area contributed by atoms with Crippen LogP contribution in [-0.4, -0.2) is 63.8 Å². The van der Waals surface area contributed by atoms with Crippen LogP contribution >= 0.6 is 27.7 Å². The lowest BCUT2D eigenvalue weighted by Crippen LogP contribution is -2.43. The van der Waals surface area contributed by atoms with Gasteiger partial charge in [0.05, 0.1) is 15.6 Å². The minimum Gasteiger partial charge on any atom is -0.506 e. The first-order valence-electron chi connectivity index (χ1n) is 11.4. The molecule has 1 aliphatic carbocycles. The molecule has 0 bridgehead atoms. The largest absolute Gasteiger partial charge is 0.506 e. The Hall–Kier alpha value is -2.07. The molecule has 6 nitrogen and oxygen atoms in total. The van der Waals surface area contributed by atoms with E-state index in [9.17, 15) is 19.4 Å². The van der Waals surface area contributed by atoms with Crippen molar-refractivity contribution in [3.8, 4) is 5.75 Å². The van der Waals surface area contributed by atoms with Crippen LogP contribution in [0.1, 0.15) is 40.5 Å². The van der Waals surface area contributed by atoms with Gasteiger partial charge in [-0.05, 0) is 66.2 Å². The van der Waals surface area contributed by atoms with Crippen LogP contribution in [0.5, 0.6) is 5.75 Å². The number of phenols is 1. The Morgan fingerprint density at radius 1 is 1.18 bits per heavy atom. The van der Waals surface area contributed by atoms with Gasteiger partial charge < -0.3 is 19.7 Å². The number of hydrogen-bond acceptors (Lipinski definition) is 5. The molecule has 9 heteroatoms. The van der Waals surface area contributed by atoms with E-state index >= 15 is 0 Å². The van der Waals surface area contributed by atoms with Crippen molar-refractivity contribution in [2.24, 2.45) is 0 Å². The predicted molar refractivity (Wildman–Crippen MR) is 135 cm³/mol. The van der Waals surface area contributed by atoms with Crippen LogP contribution < -0.4 is 0 Å². The molecule has 0 radical (unpaired) electrons. The van der Waals surface area contributed by atoms with Gasteiger partial charge in [0.1, 0.15) is 11.6 Å². The molecule has 2 heterocycles. The van der Waals surface area contributed by atoms with Gasteiger partial charge in [0.2, 0.25) is 0 Å². The molecule has 34 heavy (non-hydrogen) atoms. The number of aromatic hydroxyl groups is 1. The Kier molecular flexibility index (Phi) is 6.63. The second-order valence-corrected chi connectivity index (χ2v) is 11.0. The van der Waals surface area contributed by atoms with Crippen LogP contribution in [0.15, 0.2) is 39.7 Å². The lowest BCUT2D eigenvalue weighted by molar-refractivity contribution is 0.0697. The summed E-state index contributed by atoms with van der Waals surface area (Å²) >= 11 is 5.02. The Labute approximate surface area is 210 Å². The Bertz CT molecular complexity index is 1230. The first kappa shape index (κ1) is 23.7. The summed E-state index contributed by atoms with van der Waals surface area (Å²) in [5, 5.41) is 22.0. The number of aromatic carboxylic acids is 1. The number of carboxylic acids is 1. The fraction of sp³-hybridized carbons (Fsp3) is 0.400. The minimum atomic E-state index is -0.986. The van der Waals surface area contributed by atoms with Crippen molar-refractivity contribution in [1.29, 1.82) is 0 Å². The highest BCUT2D eigenvalue weighted by molar-refractivity contribution is 9.10. The average Bonchev–Trinajstić information content (AvgIpc) is 3.59. The summed E-state index contributed by atoms with van der Waals surface area (Å²) < 4.78 is 16.1. The van der Waals surface area contributed by atoms with Crippen molar-refractivity contribution in [3.63, 3.8) is 0 Å². The topological polar surface area (TPSA) is 68.9 Å². The van der Waals surface area contributed by atoms with E-state index < -0.39 is 5.97 Å². The summed E-state index contributed by atoms with van der Waals surface area (Å²) in [5.74, 6) is -0.721. The number of piperazine rings is 1. The SMILES string of the molecule is CN1CCN(Cc2c(O)c(Br)cc3c2c(C(=O)O)c(CSc2ccc(F)cc2)n3C2CC2)CC1. The monoisotopic (exact) mass is 547 g/mol. The molecule has 1 saturated carbocycles. The second-order valence-electron chi connectivity index (χ2n) is 9.13. The molecule has 2 N–H and O–H groups in total. The Morgan fingerprint density at radius 2 is 1.85 bits per heavy atom. The van der Waals surface area contributed by atoms with Crippen LogP contribution in [0, 0.1) is 5.82 Å². The smallest absolute Gasteiger partial charge is 0.338 e. The molecule has 2 aromatic carbocycles. The summed E-state index contributed by atoms with van der Waals surface area (Å²) in [4.78, 5) is 18.1. The van der Waals surface area contributed by atoms with Gasteiger partial charge in [-0.15, -0.1) is 11.8 Å². The highest BCUT2D eigenvalue weighted by Crippen LogP contribution is 2.47. The van der Waals surface area contributed by atoms with Crippen LogP contribution in [0.3, 0.4) is 0 Å². The molecule has 0 unspecified atom stereocenters. The number of carboxylic acid groups (broad SMARTS) is 1. The number of fused-ring (bicyclic) bond motifs is 1. The number of nitrogens with zero attached hydrogens (tertiary/aromatic N) is 3. The quantitative estimate of drug-likeness (QED) is 0.390. The molecule has 1 aliphatic heterocycles. The van der Waals surface area contributed by atoms with Crippen molar-refractivity contribution in [1.82, 2.24) is 14.4 Å². The van der Waals surface area contributed by atoms with Crippen molar-refractivity contribution < 1.29 is 19.4 Å². The third kappa shape index (κ3) is 4.58. The van der Waals surface area contributed by atoms with Gasteiger partial charge in [0, 0.05) is 66.1 Å². The van der Waals surface area contributed by atoms with Crippen molar-refractivity contribution in [2.75, 3.05) is 33.2 Å². The molecule has 0 atom stereocenters. The predicted octanol–water partition coefficient (Wildman–Crippen LogP) is 5.32. The van der Waals surface area contributed by atoms with E-state index in [0.29, 0.717) is 27.7 Å². The molecule has 0 amide bonds. The summed E-state index contributed by atoms with van der Waals surface area (Å²) in [6.45, 7) is 4.10. The van der Waals surface area contributed by atoms with Crippen LogP contribution in [0.25, 0.3) is 10.9 Å². The first-order valence-corrected chi connectivity index (χ1v) is 13.2. The van der Waals surface area contributed by atoms with E-state index in [4.69, 9.17) is 0 Å². The Balaban J connectivity index is 1.62. The van der Waals surface area contributed by atoms with Crippen LogP contribution in [-0.2, 0) is 12.3 Å². The van der Waals surface area contributed by atoms with E-state index in [1.165, 1.54) is 23.9 Å². The zero-order valence-corrected chi connectivity index (χ0v) is 21.3. The van der Waals surface area contributed by atoms with E-state index in [1.54, 1.807) is 12.1 Å². The van der Waals surface area contributed by atoms with Crippen LogP contribution in [0.4, 0.5) is 4.39 Å². The van der Waals surface area contributed by atoms with Gasteiger partial charge in [0.15, 0.2) is 0 Å². The summed E-state index contributed by atoms with van der Waals surface area (Å²) in [6.07, 6.45) is 2.01. The summed E-state index contributed by atoms with van der Waals surface area (Å²) in [5.41, 5.74) is 2.53. The fourth-order valence-corrected chi connectivity index (χ4v) is 6.12. The molecule has 3 aromatic rings. The third-order valence-corrected chi connectivity index (χ3v) is 8.34. The maximum Gasteiger partial charge on any atom is 0.338 e. The lowest BCUT2D eigenvalue weighted by atomic mass is 10.0. The molecular formula is C25H27BrFN3O3S. The van der Waals surface area contributed by atoms with Crippen molar-refractivity contribution in [2.45, 2.75) is 36.1 Å². The van der Waals surface area contributed by atoms with Gasteiger partial charge in [-0.1, -0.05) is 0 Å². The van der Waals surface area contributed by atoms with E-state index in [2.05, 4.69) is 37.3 Å². The highest BCUT2D eigenvalue weighted by atomic mass is 79.9. The van der Waals surface area contributed by atoms with E-state index in [1.807, 2.05) is 6.07 Å². The van der Waals surface area contributed by atoms with Crippen LogP contribution in [0.2, 0.25) is 0 Å². The van der Waals surface area contributed by atoms with Gasteiger partial charge in [-0.2, -0.15) is 0 Å². The average molecular weight is 548 g/mol. The molecule has 180 valence electrons. The molecule has 1 saturated heterocycles. The van der Waals surface area contributed by atoms with Crippen molar-refractivity contribution in [3.05, 3.63) is 57.4 Å². The number of halogens is 2. The van der Waals surface area contributed by atoms with Gasteiger partial charge in [-0.25, -0.2) is 9.18 Å². The number of benzene rings is 2. The highest BCUT2D eigenvalue weighted by Gasteiger charge is 2.34. The number of thioether (sulfide) groups is 1. The van der Waals surface area contributed by atoms with Gasteiger partial charge in [0.25, 0.3) is 0 Å². The second kappa shape index (κ2) is 9.53. The lowest BCUT2D eigenvalue weighted by Gasteiger charge is -2.32. The Morgan fingerprint density at radius 3 is 2.47 bits per heavy atom. The molecule has 2 fully saturated rings. The normalized spacial score (nSPS) is 17.5. The number of hydrogen-bond donors (Lipinski definition) is 2. The molecule has 0 spiro atoms. The molecule has 1 aromatic heterocycles. The fourth-order valence-electron chi connectivity index (χ4n) is 4.74. The maximum atomic E-state index is 13.3. The standard InChI is InChI=1S/C25H27BrFN3O3S/c1-28-8-10-29(11-9-28)13-18-22-20(12-19(26)24(18)31)30(16-4-5-16)21(23(22)25(32)33)14-34-17-6-2-15(27)3-7-17/h2-3,6-7,12,16,31H,4-5,8-11,13-14H2,1H3,(H,32,33). The molecule has 5 rings (SSSR count). The molecule has 2 aliphatic rings. The zero-order chi connectivity index (χ0) is 24.0. The maximum absolute atomic E-state index is 13.3. The molecular weight excluding hydrogens is 521 g/mol. The first-order chi connectivity index (χ1) is 16.3. The number of rotatable bonds is 7. The van der Waals surface area contributed by atoms with Gasteiger partial charge >= 0.3 is 5.97 Å². The summed E-state index contributed by atoms with van der Waals surface area (Å²) in [6, 6.07) is 8.37. The number of carbonyl (C=O) groups is 1.